The first-order valence-electron chi connectivity index (χ1n) is 6.51. The van der Waals surface area contributed by atoms with Crippen LogP contribution in [0, 0.1) is 0 Å². The highest BCUT2D eigenvalue weighted by molar-refractivity contribution is 5.86. The van der Waals surface area contributed by atoms with Crippen LogP contribution in [0.1, 0.15) is 32.6 Å². The number of hydrogen-bond acceptors (Lipinski definition) is 3. The van der Waals surface area contributed by atoms with E-state index in [1.807, 2.05) is 6.92 Å². The van der Waals surface area contributed by atoms with Crippen LogP contribution in [-0.2, 0) is 9.53 Å². The maximum Gasteiger partial charge on any atom is 0.406 e. The van der Waals surface area contributed by atoms with E-state index >= 15 is 0 Å². The van der Waals surface area contributed by atoms with Crippen LogP contribution in [-0.4, -0.2) is 48.8 Å². The molecule has 0 saturated carbocycles. The van der Waals surface area contributed by atoms with E-state index in [4.69, 9.17) is 10.5 Å². The average Bonchev–Trinajstić information content (AvgIpc) is 2.33. The summed E-state index contributed by atoms with van der Waals surface area (Å²) >= 11 is 0. The molecule has 1 saturated heterocycles. The van der Waals surface area contributed by atoms with Crippen LogP contribution in [0.15, 0.2) is 0 Å². The van der Waals surface area contributed by atoms with E-state index in [1.54, 1.807) is 0 Å². The third-order valence-electron chi connectivity index (χ3n) is 3.25. The lowest BCUT2D eigenvalue weighted by Gasteiger charge is -2.37. The Kier molecular flexibility index (Phi) is 5.61. The van der Waals surface area contributed by atoms with Gasteiger partial charge in [0.25, 0.3) is 0 Å². The maximum absolute atomic E-state index is 12.5. The number of nitrogens with two attached hydrogens (primary N) is 1. The van der Waals surface area contributed by atoms with Gasteiger partial charge in [0.2, 0.25) is 5.91 Å². The summed E-state index contributed by atoms with van der Waals surface area (Å²) in [5.41, 5.74) is 4.74. The summed E-state index contributed by atoms with van der Waals surface area (Å²) in [6, 6.07) is 0. The van der Waals surface area contributed by atoms with Crippen molar-refractivity contribution in [2.75, 3.05) is 26.3 Å². The van der Waals surface area contributed by atoms with Crippen molar-refractivity contribution >= 4 is 5.91 Å². The second-order valence-electron chi connectivity index (χ2n) is 4.96. The van der Waals surface area contributed by atoms with Crippen molar-refractivity contribution in [2.45, 2.75) is 44.3 Å². The molecule has 1 rings (SSSR count). The molecule has 0 atom stereocenters. The molecular weight excluding hydrogens is 261 g/mol. The lowest BCUT2D eigenvalue weighted by atomic mass is 9.89. The van der Waals surface area contributed by atoms with Gasteiger partial charge in [-0.1, -0.05) is 13.3 Å². The average molecular weight is 282 g/mol. The van der Waals surface area contributed by atoms with Crippen LogP contribution in [0.3, 0.4) is 0 Å². The van der Waals surface area contributed by atoms with Crippen LogP contribution in [0.5, 0.6) is 0 Å². The van der Waals surface area contributed by atoms with Crippen molar-refractivity contribution < 1.29 is 22.7 Å². The molecule has 7 heteroatoms. The second kappa shape index (κ2) is 6.56. The quantitative estimate of drug-likeness (QED) is 0.834. The molecule has 2 N–H and O–H groups in total. The fraction of sp³-hybridized carbons (Fsp3) is 0.917. The highest BCUT2D eigenvalue weighted by Crippen LogP contribution is 2.24. The first kappa shape index (κ1) is 16.2. The van der Waals surface area contributed by atoms with Crippen LogP contribution in [0.2, 0.25) is 0 Å². The number of rotatable bonds is 5. The van der Waals surface area contributed by atoms with Gasteiger partial charge in [0, 0.05) is 19.8 Å². The number of alkyl halides is 3. The zero-order valence-corrected chi connectivity index (χ0v) is 11.1. The molecule has 1 heterocycles. The fourth-order valence-corrected chi connectivity index (χ4v) is 2.08. The first-order chi connectivity index (χ1) is 8.78. The van der Waals surface area contributed by atoms with E-state index in [0.29, 0.717) is 19.6 Å². The Labute approximate surface area is 111 Å². The number of amides is 1. The highest BCUT2D eigenvalue weighted by atomic mass is 19.4. The van der Waals surface area contributed by atoms with Crippen molar-refractivity contribution in [1.29, 1.82) is 0 Å². The SMILES string of the molecule is CCCCN(CC(F)(F)F)C(=O)C1(N)CCOCC1. The molecule has 0 aromatic heterocycles. The van der Waals surface area contributed by atoms with Gasteiger partial charge in [-0.05, 0) is 19.3 Å². The summed E-state index contributed by atoms with van der Waals surface area (Å²) in [6.07, 6.45) is -2.60. The van der Waals surface area contributed by atoms with Gasteiger partial charge >= 0.3 is 6.18 Å². The van der Waals surface area contributed by atoms with Crippen LogP contribution >= 0.6 is 0 Å². The molecule has 0 aromatic rings. The van der Waals surface area contributed by atoms with E-state index in [0.717, 1.165) is 11.3 Å². The van der Waals surface area contributed by atoms with Gasteiger partial charge in [0.05, 0.1) is 5.54 Å². The Morgan fingerprint density at radius 2 is 1.95 bits per heavy atom. The third-order valence-corrected chi connectivity index (χ3v) is 3.25. The van der Waals surface area contributed by atoms with E-state index in [-0.39, 0.29) is 19.4 Å². The lowest BCUT2D eigenvalue weighted by Crippen LogP contribution is -2.59. The molecule has 0 aromatic carbocycles. The summed E-state index contributed by atoms with van der Waals surface area (Å²) in [4.78, 5) is 13.1. The van der Waals surface area contributed by atoms with E-state index in [9.17, 15) is 18.0 Å². The molecule has 1 aliphatic heterocycles. The molecule has 112 valence electrons. The second-order valence-corrected chi connectivity index (χ2v) is 4.96. The molecular formula is C12H21F3N2O2. The summed E-state index contributed by atoms with van der Waals surface area (Å²) in [5.74, 6) is -0.610. The van der Waals surface area contributed by atoms with Crippen molar-refractivity contribution in [3.05, 3.63) is 0 Å². The van der Waals surface area contributed by atoms with Gasteiger partial charge in [-0.3, -0.25) is 4.79 Å². The van der Waals surface area contributed by atoms with E-state index in [2.05, 4.69) is 0 Å². The number of unbranched alkanes of at least 4 members (excludes halogenated alkanes) is 1. The minimum atomic E-state index is -4.40. The summed E-state index contributed by atoms with van der Waals surface area (Å²) < 4.78 is 42.7. The minimum absolute atomic E-state index is 0.0919. The monoisotopic (exact) mass is 282 g/mol. The molecule has 4 nitrogen and oxygen atoms in total. The van der Waals surface area contributed by atoms with E-state index < -0.39 is 24.2 Å². The largest absolute Gasteiger partial charge is 0.406 e. The Morgan fingerprint density at radius 1 is 1.37 bits per heavy atom. The zero-order valence-electron chi connectivity index (χ0n) is 11.1. The number of ether oxygens (including phenoxy) is 1. The van der Waals surface area contributed by atoms with Gasteiger partial charge in [-0.25, -0.2) is 0 Å². The Hall–Kier alpha value is -0.820. The molecule has 19 heavy (non-hydrogen) atoms. The van der Waals surface area contributed by atoms with Gasteiger partial charge < -0.3 is 15.4 Å². The van der Waals surface area contributed by atoms with E-state index in [1.165, 1.54) is 0 Å². The zero-order chi connectivity index (χ0) is 14.5. The van der Waals surface area contributed by atoms with Gasteiger partial charge in [0.15, 0.2) is 0 Å². The summed E-state index contributed by atoms with van der Waals surface area (Å²) in [6.45, 7) is 1.36. The Morgan fingerprint density at radius 3 is 2.42 bits per heavy atom. The Bertz CT molecular complexity index is 302. The number of hydrogen-bond donors (Lipinski definition) is 1. The molecule has 1 fully saturated rings. The topological polar surface area (TPSA) is 55.6 Å². The smallest absolute Gasteiger partial charge is 0.381 e. The van der Waals surface area contributed by atoms with Crippen molar-refractivity contribution in [3.8, 4) is 0 Å². The number of halogens is 3. The standard InChI is InChI=1S/C12H21F3N2O2/c1-2-3-6-17(9-12(13,14)15)10(18)11(16)4-7-19-8-5-11/h2-9,16H2,1H3. The Balaban J connectivity index is 2.74. The lowest BCUT2D eigenvalue weighted by molar-refractivity contribution is -0.166. The van der Waals surface area contributed by atoms with Crippen LogP contribution in [0.25, 0.3) is 0 Å². The molecule has 0 spiro atoms. The van der Waals surface area contributed by atoms with Crippen molar-refractivity contribution in [2.24, 2.45) is 5.73 Å². The van der Waals surface area contributed by atoms with Gasteiger partial charge in [0.1, 0.15) is 6.54 Å². The number of carbonyl (C=O) groups excluding carboxylic acids is 1. The number of nitrogens with zero attached hydrogens (tertiary/aromatic N) is 1. The van der Waals surface area contributed by atoms with Gasteiger partial charge in [-0.2, -0.15) is 13.2 Å². The maximum atomic E-state index is 12.5. The molecule has 0 radical (unpaired) electrons. The van der Waals surface area contributed by atoms with Crippen LogP contribution < -0.4 is 5.73 Å². The minimum Gasteiger partial charge on any atom is -0.381 e. The third kappa shape index (κ3) is 4.99. The first-order valence-corrected chi connectivity index (χ1v) is 6.51. The van der Waals surface area contributed by atoms with Crippen molar-refractivity contribution in [3.63, 3.8) is 0 Å². The molecule has 0 unspecified atom stereocenters. The number of carbonyl (C=O) groups is 1. The predicted molar refractivity (Wildman–Crippen MR) is 64.5 cm³/mol. The normalized spacial score (nSPS) is 19.2. The van der Waals surface area contributed by atoms with Crippen molar-refractivity contribution in [1.82, 2.24) is 4.90 Å². The molecule has 1 amide bonds. The highest BCUT2D eigenvalue weighted by Gasteiger charge is 2.42. The fourth-order valence-electron chi connectivity index (χ4n) is 2.08. The predicted octanol–water partition coefficient (Wildman–Crippen LogP) is 1.69. The van der Waals surface area contributed by atoms with Gasteiger partial charge in [-0.15, -0.1) is 0 Å². The molecule has 0 aliphatic carbocycles. The summed E-state index contributed by atoms with van der Waals surface area (Å²) in [5, 5.41) is 0. The molecule has 1 aliphatic rings. The van der Waals surface area contributed by atoms with Crippen LogP contribution in [0.4, 0.5) is 13.2 Å². The molecule has 0 bridgehead atoms. The summed E-state index contributed by atoms with van der Waals surface area (Å²) in [7, 11) is 0.